The number of halogens is 1. The van der Waals surface area contributed by atoms with Gasteiger partial charge in [-0.2, -0.15) is 5.10 Å². The lowest BCUT2D eigenvalue weighted by Crippen LogP contribution is -1.99. The SMILES string of the molecule is Nc1ccc(-c2ncnn2-c2ccc(Br)cc2)cc1. The van der Waals surface area contributed by atoms with Gasteiger partial charge in [-0.15, -0.1) is 0 Å². The maximum atomic E-state index is 5.70. The first-order valence-corrected chi connectivity index (χ1v) is 6.55. The molecule has 94 valence electrons. The summed E-state index contributed by atoms with van der Waals surface area (Å²) in [6, 6.07) is 15.5. The number of nitrogen functional groups attached to an aromatic ring is 1. The lowest BCUT2D eigenvalue weighted by molar-refractivity contribution is 0.887. The molecule has 0 bridgehead atoms. The van der Waals surface area contributed by atoms with E-state index in [2.05, 4.69) is 26.0 Å². The van der Waals surface area contributed by atoms with Crippen LogP contribution in [-0.4, -0.2) is 14.8 Å². The molecular formula is C14H11BrN4. The van der Waals surface area contributed by atoms with Crippen molar-refractivity contribution < 1.29 is 0 Å². The normalized spacial score (nSPS) is 10.6. The van der Waals surface area contributed by atoms with Gasteiger partial charge in [-0.1, -0.05) is 15.9 Å². The van der Waals surface area contributed by atoms with Crippen molar-refractivity contribution in [1.29, 1.82) is 0 Å². The van der Waals surface area contributed by atoms with Crippen LogP contribution in [0.15, 0.2) is 59.3 Å². The summed E-state index contributed by atoms with van der Waals surface area (Å²) in [6.07, 6.45) is 1.55. The monoisotopic (exact) mass is 314 g/mol. The highest BCUT2D eigenvalue weighted by molar-refractivity contribution is 9.10. The van der Waals surface area contributed by atoms with Crippen molar-refractivity contribution in [1.82, 2.24) is 14.8 Å². The van der Waals surface area contributed by atoms with Crippen LogP contribution in [0.5, 0.6) is 0 Å². The van der Waals surface area contributed by atoms with E-state index in [0.29, 0.717) is 0 Å². The van der Waals surface area contributed by atoms with Crippen LogP contribution in [0.4, 0.5) is 5.69 Å². The quantitative estimate of drug-likeness (QED) is 0.738. The Labute approximate surface area is 119 Å². The van der Waals surface area contributed by atoms with Crippen LogP contribution >= 0.6 is 15.9 Å². The molecule has 3 aromatic rings. The first kappa shape index (κ1) is 11.9. The van der Waals surface area contributed by atoms with E-state index >= 15 is 0 Å². The van der Waals surface area contributed by atoms with Crippen molar-refractivity contribution in [2.45, 2.75) is 0 Å². The second kappa shape index (κ2) is 4.85. The Morgan fingerprint density at radius 2 is 1.63 bits per heavy atom. The third-order valence-electron chi connectivity index (χ3n) is 2.79. The van der Waals surface area contributed by atoms with E-state index in [4.69, 9.17) is 5.73 Å². The molecule has 1 aromatic heterocycles. The minimum absolute atomic E-state index is 0.735. The van der Waals surface area contributed by atoms with Gasteiger partial charge in [0.15, 0.2) is 5.82 Å². The molecule has 3 rings (SSSR count). The number of hydrogen-bond donors (Lipinski definition) is 1. The molecule has 0 radical (unpaired) electrons. The fraction of sp³-hybridized carbons (Fsp3) is 0. The molecule has 0 aliphatic rings. The first-order valence-electron chi connectivity index (χ1n) is 5.76. The summed E-state index contributed by atoms with van der Waals surface area (Å²) in [5, 5.41) is 4.27. The van der Waals surface area contributed by atoms with Crippen molar-refractivity contribution in [2.75, 3.05) is 5.73 Å². The fourth-order valence-corrected chi connectivity index (χ4v) is 2.11. The van der Waals surface area contributed by atoms with E-state index in [9.17, 15) is 0 Å². The molecule has 19 heavy (non-hydrogen) atoms. The Morgan fingerprint density at radius 3 is 2.32 bits per heavy atom. The van der Waals surface area contributed by atoms with E-state index < -0.39 is 0 Å². The number of anilines is 1. The minimum Gasteiger partial charge on any atom is -0.399 e. The fourth-order valence-electron chi connectivity index (χ4n) is 1.84. The maximum Gasteiger partial charge on any atom is 0.163 e. The van der Waals surface area contributed by atoms with Gasteiger partial charge >= 0.3 is 0 Å². The van der Waals surface area contributed by atoms with Crippen LogP contribution in [0.2, 0.25) is 0 Å². The Morgan fingerprint density at radius 1 is 0.947 bits per heavy atom. The zero-order valence-electron chi connectivity index (χ0n) is 9.99. The molecule has 4 nitrogen and oxygen atoms in total. The smallest absolute Gasteiger partial charge is 0.163 e. The predicted molar refractivity (Wildman–Crippen MR) is 78.9 cm³/mol. The lowest BCUT2D eigenvalue weighted by atomic mass is 10.2. The molecular weight excluding hydrogens is 304 g/mol. The summed E-state index contributed by atoms with van der Waals surface area (Å²) in [7, 11) is 0. The standard InChI is InChI=1S/C14H11BrN4/c15-11-3-7-13(8-4-11)19-14(17-9-18-19)10-1-5-12(16)6-2-10/h1-9H,16H2. The molecule has 2 N–H and O–H groups in total. The van der Waals surface area contributed by atoms with Crippen LogP contribution < -0.4 is 5.73 Å². The van der Waals surface area contributed by atoms with Crippen LogP contribution in [0.3, 0.4) is 0 Å². The number of nitrogens with two attached hydrogens (primary N) is 1. The topological polar surface area (TPSA) is 56.7 Å². The number of hydrogen-bond acceptors (Lipinski definition) is 3. The molecule has 0 saturated heterocycles. The summed E-state index contributed by atoms with van der Waals surface area (Å²) in [5.41, 5.74) is 8.38. The van der Waals surface area contributed by atoms with Gasteiger partial charge in [0.1, 0.15) is 6.33 Å². The number of rotatable bonds is 2. The number of nitrogens with zero attached hydrogens (tertiary/aromatic N) is 3. The Balaban J connectivity index is 2.07. The highest BCUT2D eigenvalue weighted by Gasteiger charge is 2.08. The van der Waals surface area contributed by atoms with Gasteiger partial charge in [-0.05, 0) is 48.5 Å². The molecule has 0 atom stereocenters. The average molecular weight is 315 g/mol. The molecule has 0 unspecified atom stereocenters. The van der Waals surface area contributed by atoms with Crippen molar-refractivity contribution in [3.63, 3.8) is 0 Å². The van der Waals surface area contributed by atoms with Gasteiger partial charge in [0.2, 0.25) is 0 Å². The Hall–Kier alpha value is -2.14. The summed E-state index contributed by atoms with van der Waals surface area (Å²) >= 11 is 3.42. The summed E-state index contributed by atoms with van der Waals surface area (Å²) in [4.78, 5) is 4.31. The molecule has 1 heterocycles. The van der Waals surface area contributed by atoms with Crippen LogP contribution in [-0.2, 0) is 0 Å². The third kappa shape index (κ3) is 2.37. The zero-order valence-corrected chi connectivity index (χ0v) is 11.6. The molecule has 0 spiro atoms. The first-order chi connectivity index (χ1) is 9.24. The van der Waals surface area contributed by atoms with E-state index in [0.717, 1.165) is 27.2 Å². The van der Waals surface area contributed by atoms with Crippen LogP contribution in [0.25, 0.3) is 17.1 Å². The largest absolute Gasteiger partial charge is 0.399 e. The van der Waals surface area contributed by atoms with E-state index in [1.807, 2.05) is 48.5 Å². The highest BCUT2D eigenvalue weighted by atomic mass is 79.9. The summed E-state index contributed by atoms with van der Waals surface area (Å²) in [6.45, 7) is 0. The molecule has 0 fully saturated rings. The van der Waals surface area contributed by atoms with Gasteiger partial charge in [-0.25, -0.2) is 9.67 Å². The van der Waals surface area contributed by atoms with Crippen molar-refractivity contribution >= 4 is 21.6 Å². The van der Waals surface area contributed by atoms with Crippen LogP contribution in [0, 0.1) is 0 Å². The van der Waals surface area contributed by atoms with Gasteiger partial charge in [-0.3, -0.25) is 0 Å². The van der Waals surface area contributed by atoms with Crippen molar-refractivity contribution in [3.8, 4) is 17.1 Å². The summed E-state index contributed by atoms with van der Waals surface area (Å²) in [5.74, 6) is 0.794. The second-order valence-electron chi connectivity index (χ2n) is 4.09. The molecule has 0 aliphatic carbocycles. The highest BCUT2D eigenvalue weighted by Crippen LogP contribution is 2.22. The Bertz CT molecular complexity index is 626. The number of benzene rings is 2. The van der Waals surface area contributed by atoms with E-state index in [-0.39, 0.29) is 0 Å². The molecule has 0 saturated carbocycles. The number of aromatic nitrogens is 3. The lowest BCUT2D eigenvalue weighted by Gasteiger charge is -2.06. The molecule has 2 aromatic carbocycles. The van der Waals surface area contributed by atoms with Gasteiger partial charge < -0.3 is 5.73 Å². The van der Waals surface area contributed by atoms with Gasteiger partial charge in [0.05, 0.1) is 5.69 Å². The minimum atomic E-state index is 0.735. The molecule has 5 heteroatoms. The predicted octanol–water partition coefficient (Wildman–Crippen LogP) is 3.28. The average Bonchev–Trinajstić information content (AvgIpc) is 2.90. The van der Waals surface area contributed by atoms with E-state index in [1.54, 1.807) is 11.0 Å². The third-order valence-corrected chi connectivity index (χ3v) is 3.32. The molecule has 0 aliphatic heterocycles. The van der Waals surface area contributed by atoms with Crippen molar-refractivity contribution in [3.05, 3.63) is 59.3 Å². The molecule has 0 amide bonds. The van der Waals surface area contributed by atoms with Crippen molar-refractivity contribution in [2.24, 2.45) is 0 Å². The maximum absolute atomic E-state index is 5.70. The van der Waals surface area contributed by atoms with Gasteiger partial charge in [0.25, 0.3) is 0 Å². The van der Waals surface area contributed by atoms with Crippen LogP contribution in [0.1, 0.15) is 0 Å². The zero-order chi connectivity index (χ0) is 13.2. The second-order valence-corrected chi connectivity index (χ2v) is 5.01. The Kier molecular flexibility index (Phi) is 3.05. The van der Waals surface area contributed by atoms with E-state index in [1.165, 1.54) is 0 Å². The summed E-state index contributed by atoms with van der Waals surface area (Å²) < 4.78 is 2.84. The van der Waals surface area contributed by atoms with Gasteiger partial charge in [0, 0.05) is 15.7 Å².